The Kier molecular flexibility index (Phi) is 6.58. The van der Waals surface area contributed by atoms with Crippen LogP contribution in [0.15, 0.2) is 91.0 Å². The van der Waals surface area contributed by atoms with Gasteiger partial charge in [-0.1, -0.05) is 0 Å². The van der Waals surface area contributed by atoms with Crippen molar-refractivity contribution in [1.29, 1.82) is 0 Å². The third kappa shape index (κ3) is 4.72. The molecule has 0 aliphatic carbocycles. The summed E-state index contributed by atoms with van der Waals surface area (Å²) in [4.78, 5) is 0. The van der Waals surface area contributed by atoms with Gasteiger partial charge in [0, 0.05) is 0 Å². The monoisotopic (exact) mass is 458 g/mol. The Morgan fingerprint density at radius 1 is 0.667 bits per heavy atom. The summed E-state index contributed by atoms with van der Waals surface area (Å²) in [5.41, 5.74) is 0. The molecule has 3 rings (SSSR count). The van der Waals surface area contributed by atoms with Crippen LogP contribution >= 0.6 is 0 Å². The summed E-state index contributed by atoms with van der Waals surface area (Å²) in [6.07, 6.45) is -0.329. The van der Waals surface area contributed by atoms with Crippen molar-refractivity contribution < 1.29 is 33.7 Å². The standard InChI is InChI=1S/C18H15OSi.C3H7O.2H2O.Zr/c19-20(16-10-4-1-5-11-16,17-12-6-2-7-13-17)18-14-8-3-9-15-18;1-3(2)4;;;/h1-15H;3H,1-2H3;2*1H2;/q2*-1;;;+4/p-2. The van der Waals surface area contributed by atoms with Crippen LogP contribution in [-0.4, -0.2) is 20.8 Å². The Balaban J connectivity index is 2.26. The van der Waals surface area contributed by atoms with Gasteiger partial charge in [0.05, 0.1) is 0 Å². The first-order valence-electron chi connectivity index (χ1n) is 8.93. The van der Waals surface area contributed by atoms with E-state index in [9.17, 15) is 6.37 Å². The van der Waals surface area contributed by atoms with Crippen molar-refractivity contribution in [3.63, 3.8) is 0 Å². The van der Waals surface area contributed by atoms with E-state index < -0.39 is 30.3 Å². The van der Waals surface area contributed by atoms with Gasteiger partial charge in [-0.25, -0.2) is 0 Å². The zero-order chi connectivity index (χ0) is 19.3. The van der Waals surface area contributed by atoms with E-state index in [0.717, 1.165) is 15.6 Å². The fourth-order valence-electron chi connectivity index (χ4n) is 3.23. The average molecular weight is 460 g/mol. The molecule has 0 atom stereocenters. The first kappa shape index (κ1) is 20.3. The van der Waals surface area contributed by atoms with Gasteiger partial charge in [-0.15, -0.1) is 0 Å². The normalized spacial score (nSPS) is 12.3. The predicted octanol–water partition coefficient (Wildman–Crippen LogP) is 1.89. The fourth-order valence-corrected chi connectivity index (χ4v) is 14.4. The van der Waals surface area contributed by atoms with Crippen LogP contribution in [0.1, 0.15) is 13.8 Å². The summed E-state index contributed by atoms with van der Waals surface area (Å²) in [6, 6.07) is 29.4. The van der Waals surface area contributed by atoms with E-state index in [1.54, 1.807) is 13.8 Å². The van der Waals surface area contributed by atoms with E-state index in [-0.39, 0.29) is 6.10 Å². The molecule has 0 spiro atoms. The Hall–Kier alpha value is -1.40. The third-order valence-electron chi connectivity index (χ3n) is 4.22. The molecule has 6 heteroatoms. The topological polar surface area (TPSA) is 58.9 Å². The molecule has 0 heterocycles. The van der Waals surface area contributed by atoms with Crippen molar-refractivity contribution in [2.75, 3.05) is 0 Å². The van der Waals surface area contributed by atoms with Crippen LogP contribution in [0.3, 0.4) is 0 Å². The molecule has 3 aromatic rings. The van der Waals surface area contributed by atoms with Crippen LogP contribution in [0.4, 0.5) is 0 Å². The van der Waals surface area contributed by atoms with E-state index in [0.29, 0.717) is 0 Å². The molecule has 0 aliphatic heterocycles. The SMILES string of the molecule is CC(C)[O][Zr]([OH])([OH])[O][Si](c1ccccc1)(c1ccccc1)c1ccccc1. The number of hydrogen-bond acceptors (Lipinski definition) is 4. The molecule has 2 N–H and O–H groups in total. The summed E-state index contributed by atoms with van der Waals surface area (Å²) in [6.45, 7) is 3.55. The molecule has 0 radical (unpaired) electrons. The summed E-state index contributed by atoms with van der Waals surface area (Å²) in [5.74, 6) is 0. The Morgan fingerprint density at radius 3 is 1.30 bits per heavy atom. The summed E-state index contributed by atoms with van der Waals surface area (Å²) in [5, 5.41) is 2.83. The second-order valence-electron chi connectivity index (χ2n) is 6.60. The van der Waals surface area contributed by atoms with Crippen LogP contribution < -0.4 is 15.6 Å². The molecule has 0 bridgehead atoms. The van der Waals surface area contributed by atoms with Gasteiger partial charge in [0.2, 0.25) is 0 Å². The molecule has 27 heavy (non-hydrogen) atoms. The molecule has 4 nitrogen and oxygen atoms in total. The zero-order valence-corrected chi connectivity index (χ0v) is 18.9. The molecule has 140 valence electrons. The van der Waals surface area contributed by atoms with Gasteiger partial charge in [0.1, 0.15) is 0 Å². The number of hydrogen-bond donors (Lipinski definition) is 2. The summed E-state index contributed by atoms with van der Waals surface area (Å²) < 4.78 is 33.3. The van der Waals surface area contributed by atoms with Crippen LogP contribution in [0, 0.1) is 0 Å². The molecule has 0 aliphatic rings. The van der Waals surface area contributed by atoms with E-state index in [4.69, 9.17) is 5.32 Å². The molecule has 0 amide bonds. The molecular weight excluding hydrogens is 436 g/mol. The predicted molar refractivity (Wildman–Crippen MR) is 106 cm³/mol. The molecule has 3 aromatic carbocycles. The maximum atomic E-state index is 10.8. The van der Waals surface area contributed by atoms with Crippen molar-refractivity contribution in [2.24, 2.45) is 0 Å². The third-order valence-corrected chi connectivity index (χ3v) is 14.4. The molecule has 0 unspecified atom stereocenters. The maximum absolute atomic E-state index is 10.8. The van der Waals surface area contributed by atoms with E-state index in [2.05, 4.69) is 0 Å². The van der Waals surface area contributed by atoms with Gasteiger partial charge < -0.3 is 0 Å². The summed E-state index contributed by atoms with van der Waals surface area (Å²) in [7, 11) is -3.16. The second-order valence-corrected chi connectivity index (χ2v) is 14.7. The Labute approximate surface area is 168 Å². The fraction of sp³-hybridized carbons (Fsp3) is 0.143. The van der Waals surface area contributed by atoms with Crippen LogP contribution in [0.25, 0.3) is 0 Å². The van der Waals surface area contributed by atoms with Crippen molar-refractivity contribution in [1.82, 2.24) is 0 Å². The van der Waals surface area contributed by atoms with E-state index in [1.807, 2.05) is 91.0 Å². The van der Waals surface area contributed by atoms with Crippen LogP contribution in [0.2, 0.25) is 0 Å². The van der Waals surface area contributed by atoms with Crippen LogP contribution in [-0.2, 0) is 27.3 Å². The quantitative estimate of drug-likeness (QED) is 0.419. The van der Waals surface area contributed by atoms with Gasteiger partial charge in [-0.3, -0.25) is 0 Å². The summed E-state index contributed by atoms with van der Waals surface area (Å²) >= 11 is -5.24. The van der Waals surface area contributed by atoms with Gasteiger partial charge in [-0.2, -0.15) is 0 Å². The minimum absolute atomic E-state index is 0.329. The first-order valence-corrected chi connectivity index (χ1v) is 15.0. The molecular formula is C21H24O4SiZr. The number of rotatable bonds is 7. The van der Waals surface area contributed by atoms with E-state index >= 15 is 0 Å². The Bertz CT molecular complexity index is 745. The van der Waals surface area contributed by atoms with Gasteiger partial charge >= 0.3 is 169 Å². The molecule has 0 fully saturated rings. The van der Waals surface area contributed by atoms with Crippen molar-refractivity contribution >= 4 is 23.9 Å². The van der Waals surface area contributed by atoms with Gasteiger partial charge in [0.25, 0.3) is 0 Å². The van der Waals surface area contributed by atoms with Crippen molar-refractivity contribution in [2.45, 2.75) is 20.0 Å². The zero-order valence-electron chi connectivity index (χ0n) is 15.4. The first-order chi connectivity index (χ1) is 12.9. The molecule has 0 saturated heterocycles. The van der Waals surface area contributed by atoms with Gasteiger partial charge in [0.15, 0.2) is 0 Å². The second kappa shape index (κ2) is 8.74. The van der Waals surface area contributed by atoms with Crippen molar-refractivity contribution in [3.8, 4) is 0 Å². The number of benzene rings is 3. The van der Waals surface area contributed by atoms with E-state index in [1.165, 1.54) is 0 Å². The minimum atomic E-state index is -5.24. The van der Waals surface area contributed by atoms with Gasteiger partial charge in [-0.05, 0) is 0 Å². The average Bonchev–Trinajstić information content (AvgIpc) is 2.67. The van der Waals surface area contributed by atoms with Crippen molar-refractivity contribution in [3.05, 3.63) is 91.0 Å². The molecule has 0 saturated carbocycles. The Morgan fingerprint density at radius 2 is 1.00 bits per heavy atom. The van der Waals surface area contributed by atoms with Crippen LogP contribution in [0.5, 0.6) is 0 Å². The molecule has 0 aromatic heterocycles.